The number of nitro benzene ring substituents is 1. The summed E-state index contributed by atoms with van der Waals surface area (Å²) in [5.41, 5.74) is 0.438. The lowest BCUT2D eigenvalue weighted by Gasteiger charge is -2.21. The highest BCUT2D eigenvalue weighted by Gasteiger charge is 2.28. The third kappa shape index (κ3) is 5.67. The highest BCUT2D eigenvalue weighted by molar-refractivity contribution is 9.10. The Morgan fingerprint density at radius 1 is 1.23 bits per heavy atom. The van der Waals surface area contributed by atoms with Gasteiger partial charge in [-0.15, -0.1) is 12.4 Å². The van der Waals surface area contributed by atoms with Gasteiger partial charge in [-0.25, -0.2) is 4.98 Å². The third-order valence-corrected chi connectivity index (χ3v) is 5.96. The Kier molecular flexibility index (Phi) is 8.57. The summed E-state index contributed by atoms with van der Waals surface area (Å²) < 4.78 is 1.83. The van der Waals surface area contributed by atoms with Crippen LogP contribution in [0.5, 0.6) is 0 Å². The van der Waals surface area contributed by atoms with Crippen molar-refractivity contribution in [2.75, 3.05) is 32.1 Å². The van der Waals surface area contributed by atoms with Gasteiger partial charge in [-0.05, 0) is 57.4 Å². The van der Waals surface area contributed by atoms with Crippen LogP contribution in [-0.4, -0.2) is 47.9 Å². The predicted molar refractivity (Wildman–Crippen MR) is 128 cm³/mol. The molecule has 7 nitrogen and oxygen atoms in total. The lowest BCUT2D eigenvalue weighted by atomic mass is 10.1. The lowest BCUT2D eigenvalue weighted by Crippen LogP contribution is -2.33. The summed E-state index contributed by atoms with van der Waals surface area (Å²) in [6.45, 7) is 1.14. The van der Waals surface area contributed by atoms with Gasteiger partial charge in [0.2, 0.25) is 0 Å². The third-order valence-electron chi connectivity index (χ3n) is 4.19. The number of hydrogen-bond donors (Lipinski definition) is 0. The zero-order chi connectivity index (χ0) is 21.1. The van der Waals surface area contributed by atoms with E-state index in [1.54, 1.807) is 0 Å². The predicted octanol–water partition coefficient (Wildman–Crippen LogP) is 5.64. The van der Waals surface area contributed by atoms with Gasteiger partial charge in [0.05, 0.1) is 15.1 Å². The number of amides is 1. The monoisotopic (exact) mass is 532 g/mol. The Morgan fingerprint density at radius 3 is 2.63 bits per heavy atom. The Bertz CT molecular complexity index is 1080. The van der Waals surface area contributed by atoms with Crippen LogP contribution < -0.4 is 4.90 Å². The van der Waals surface area contributed by atoms with Crippen molar-refractivity contribution in [3.63, 3.8) is 0 Å². The summed E-state index contributed by atoms with van der Waals surface area (Å²) in [7, 11) is 3.90. The largest absolute Gasteiger partial charge is 0.309 e. The van der Waals surface area contributed by atoms with Crippen LogP contribution >= 0.6 is 51.3 Å². The average molecular weight is 534 g/mol. The first-order valence-electron chi connectivity index (χ1n) is 8.73. The van der Waals surface area contributed by atoms with Gasteiger partial charge in [-0.3, -0.25) is 19.8 Å². The molecule has 3 aromatic rings. The number of hydrogen-bond acceptors (Lipinski definition) is 6. The molecule has 0 saturated heterocycles. The number of halogens is 3. The molecule has 0 unspecified atom stereocenters. The van der Waals surface area contributed by atoms with E-state index < -0.39 is 10.8 Å². The lowest BCUT2D eigenvalue weighted by molar-refractivity contribution is -0.385. The topological polar surface area (TPSA) is 79.6 Å². The standard InChI is InChI=1S/C19H18BrClN4O3S.ClH/c1-23(2)8-3-9-24(19-22-15-6-4-12(20)10-17(15)29-19)18(26)14-11-13(21)5-7-16(14)25(27)28;/h4-7,10-11H,3,8-9H2,1-2H3;1H. The molecule has 2 aromatic carbocycles. The molecule has 0 fully saturated rings. The molecule has 0 radical (unpaired) electrons. The Morgan fingerprint density at radius 2 is 1.97 bits per heavy atom. The summed E-state index contributed by atoms with van der Waals surface area (Å²) in [6, 6.07) is 9.67. The van der Waals surface area contributed by atoms with Gasteiger partial charge in [0, 0.05) is 22.1 Å². The molecule has 0 atom stereocenters. The second-order valence-corrected chi connectivity index (χ2v) is 9.00. The Hall–Kier alpha value is -1.78. The van der Waals surface area contributed by atoms with Gasteiger partial charge in [0.1, 0.15) is 5.56 Å². The molecule has 3 rings (SSSR count). The van der Waals surface area contributed by atoms with Crippen LogP contribution in [0.4, 0.5) is 10.8 Å². The molecule has 1 aromatic heterocycles. The number of nitro groups is 1. The molecule has 0 aliphatic carbocycles. The van der Waals surface area contributed by atoms with E-state index in [1.807, 2.05) is 37.2 Å². The first-order valence-corrected chi connectivity index (χ1v) is 10.7. The minimum atomic E-state index is -0.572. The van der Waals surface area contributed by atoms with Crippen molar-refractivity contribution in [2.45, 2.75) is 6.42 Å². The fourth-order valence-corrected chi connectivity index (χ4v) is 4.53. The molecule has 1 amide bonds. The normalized spacial score (nSPS) is 10.8. The van der Waals surface area contributed by atoms with Gasteiger partial charge in [0.25, 0.3) is 11.6 Å². The van der Waals surface area contributed by atoms with Crippen LogP contribution in [0, 0.1) is 10.1 Å². The summed E-state index contributed by atoms with van der Waals surface area (Å²) in [6.07, 6.45) is 0.687. The van der Waals surface area contributed by atoms with Crippen LogP contribution in [-0.2, 0) is 0 Å². The van der Waals surface area contributed by atoms with E-state index in [-0.39, 0.29) is 28.7 Å². The number of carbonyl (C=O) groups is 1. The molecule has 0 N–H and O–H groups in total. The molecule has 11 heteroatoms. The van der Waals surface area contributed by atoms with Crippen molar-refractivity contribution < 1.29 is 9.72 Å². The van der Waals surface area contributed by atoms with Crippen molar-refractivity contribution >= 4 is 78.2 Å². The quantitative estimate of drug-likeness (QED) is 0.290. The van der Waals surface area contributed by atoms with E-state index in [1.165, 1.54) is 34.4 Å². The molecule has 30 heavy (non-hydrogen) atoms. The van der Waals surface area contributed by atoms with Crippen LogP contribution in [0.2, 0.25) is 5.02 Å². The SMILES string of the molecule is CN(C)CCCN(C(=O)c1cc(Cl)ccc1[N+](=O)[O-])c1nc2ccc(Br)cc2s1.Cl. The highest BCUT2D eigenvalue weighted by atomic mass is 79.9. The summed E-state index contributed by atoms with van der Waals surface area (Å²) in [5, 5.41) is 12.2. The maximum Gasteiger partial charge on any atom is 0.282 e. The van der Waals surface area contributed by atoms with E-state index >= 15 is 0 Å². The van der Waals surface area contributed by atoms with E-state index in [0.717, 1.165) is 21.2 Å². The molecule has 0 aliphatic heterocycles. The van der Waals surface area contributed by atoms with Gasteiger partial charge in [0.15, 0.2) is 5.13 Å². The van der Waals surface area contributed by atoms with Crippen LogP contribution in [0.1, 0.15) is 16.8 Å². The molecule has 1 heterocycles. The van der Waals surface area contributed by atoms with Gasteiger partial charge < -0.3 is 4.90 Å². The van der Waals surface area contributed by atoms with Gasteiger partial charge in [-0.1, -0.05) is 38.9 Å². The number of anilines is 1. The highest BCUT2D eigenvalue weighted by Crippen LogP contribution is 2.33. The van der Waals surface area contributed by atoms with Crippen LogP contribution in [0.25, 0.3) is 10.2 Å². The maximum absolute atomic E-state index is 13.3. The number of nitrogens with zero attached hydrogens (tertiary/aromatic N) is 4. The van der Waals surface area contributed by atoms with Crippen molar-refractivity contribution in [2.24, 2.45) is 0 Å². The molecular formula is C19H19BrCl2N4O3S. The maximum atomic E-state index is 13.3. The molecule has 160 valence electrons. The van der Waals surface area contributed by atoms with Crippen molar-refractivity contribution in [3.05, 3.63) is 61.6 Å². The zero-order valence-corrected chi connectivity index (χ0v) is 20.1. The van der Waals surface area contributed by atoms with Crippen LogP contribution in [0.3, 0.4) is 0 Å². The van der Waals surface area contributed by atoms with Crippen LogP contribution in [0.15, 0.2) is 40.9 Å². The van der Waals surface area contributed by atoms with E-state index in [0.29, 0.717) is 18.1 Å². The summed E-state index contributed by atoms with van der Waals surface area (Å²) in [4.78, 5) is 32.3. The number of benzene rings is 2. The molecular weight excluding hydrogens is 515 g/mol. The van der Waals surface area contributed by atoms with Crippen molar-refractivity contribution in [3.8, 4) is 0 Å². The fourth-order valence-electron chi connectivity index (χ4n) is 2.82. The van der Waals surface area contributed by atoms with Crippen molar-refractivity contribution in [1.82, 2.24) is 9.88 Å². The minimum absolute atomic E-state index is 0. The number of aromatic nitrogens is 1. The second-order valence-electron chi connectivity index (χ2n) is 6.64. The fraction of sp³-hybridized carbons (Fsp3) is 0.263. The summed E-state index contributed by atoms with van der Waals surface area (Å²) >= 11 is 10.8. The zero-order valence-electron chi connectivity index (χ0n) is 16.2. The molecule has 0 spiro atoms. The summed E-state index contributed by atoms with van der Waals surface area (Å²) in [5.74, 6) is -0.490. The second kappa shape index (κ2) is 10.5. The smallest absolute Gasteiger partial charge is 0.282 e. The molecule has 0 saturated carbocycles. The van der Waals surface area contributed by atoms with Crippen molar-refractivity contribution in [1.29, 1.82) is 0 Å². The molecule has 0 bridgehead atoms. The first-order chi connectivity index (χ1) is 13.8. The van der Waals surface area contributed by atoms with Gasteiger partial charge >= 0.3 is 0 Å². The Labute approximate surface area is 197 Å². The average Bonchev–Trinajstić information content (AvgIpc) is 3.06. The van der Waals surface area contributed by atoms with E-state index in [2.05, 4.69) is 20.9 Å². The first kappa shape index (κ1) is 24.5. The number of thiazole rings is 1. The minimum Gasteiger partial charge on any atom is -0.309 e. The number of fused-ring (bicyclic) bond motifs is 1. The Balaban J connectivity index is 0.00000320. The van der Waals surface area contributed by atoms with E-state index in [9.17, 15) is 14.9 Å². The number of carbonyl (C=O) groups excluding carboxylic acids is 1. The van der Waals surface area contributed by atoms with E-state index in [4.69, 9.17) is 11.6 Å². The molecule has 0 aliphatic rings. The number of rotatable bonds is 7. The van der Waals surface area contributed by atoms with Gasteiger partial charge in [-0.2, -0.15) is 0 Å².